The molecule has 136 valence electrons. The molecule has 0 saturated carbocycles. The zero-order valence-electron chi connectivity index (χ0n) is 15.1. The lowest BCUT2D eigenvalue weighted by Crippen LogP contribution is -2.34. The van der Waals surface area contributed by atoms with Gasteiger partial charge in [0.2, 0.25) is 0 Å². The summed E-state index contributed by atoms with van der Waals surface area (Å²) < 4.78 is 7.07. The van der Waals surface area contributed by atoms with Gasteiger partial charge in [0, 0.05) is 50.8 Å². The van der Waals surface area contributed by atoms with Gasteiger partial charge in [-0.25, -0.2) is 4.79 Å². The topological polar surface area (TPSA) is 54.5 Å². The van der Waals surface area contributed by atoms with Gasteiger partial charge in [0.05, 0.1) is 5.52 Å². The molecule has 0 atom stereocenters. The molecular formula is C20H24N4O2. The first-order valence-corrected chi connectivity index (χ1v) is 9.18. The summed E-state index contributed by atoms with van der Waals surface area (Å²) in [4.78, 5) is 21.2. The van der Waals surface area contributed by atoms with E-state index in [0.29, 0.717) is 12.1 Å². The van der Waals surface area contributed by atoms with Gasteiger partial charge in [-0.1, -0.05) is 12.1 Å². The summed E-state index contributed by atoms with van der Waals surface area (Å²) in [6.07, 6.45) is 4.90. The maximum absolute atomic E-state index is 12.1. The Morgan fingerprint density at radius 2 is 1.96 bits per heavy atom. The first-order valence-electron chi connectivity index (χ1n) is 9.18. The number of fused-ring (bicyclic) bond motifs is 1. The summed E-state index contributed by atoms with van der Waals surface area (Å²) in [5.74, 6) is -0.268. The quantitative estimate of drug-likeness (QED) is 0.722. The smallest absolute Gasteiger partial charge is 0.408 e. The van der Waals surface area contributed by atoms with Crippen molar-refractivity contribution in [1.82, 2.24) is 14.5 Å². The van der Waals surface area contributed by atoms with Crippen molar-refractivity contribution in [2.45, 2.75) is 19.9 Å². The number of hydrogen-bond donors (Lipinski definition) is 0. The van der Waals surface area contributed by atoms with Gasteiger partial charge in [-0.15, -0.1) is 0 Å². The summed E-state index contributed by atoms with van der Waals surface area (Å²) in [5.41, 5.74) is 4.03. The highest BCUT2D eigenvalue weighted by Gasteiger charge is 2.17. The Labute approximate surface area is 152 Å². The molecule has 3 heterocycles. The number of hydrogen-bond acceptors (Lipinski definition) is 5. The van der Waals surface area contributed by atoms with Crippen molar-refractivity contribution < 1.29 is 4.42 Å². The third-order valence-electron chi connectivity index (χ3n) is 5.13. The summed E-state index contributed by atoms with van der Waals surface area (Å²) in [5, 5.41) is 0. The van der Waals surface area contributed by atoms with Gasteiger partial charge in [-0.2, -0.15) is 0 Å². The third kappa shape index (κ3) is 3.37. The summed E-state index contributed by atoms with van der Waals surface area (Å²) in [6, 6.07) is 9.71. The first kappa shape index (κ1) is 16.8. The minimum atomic E-state index is -0.268. The Kier molecular flexibility index (Phi) is 4.75. The van der Waals surface area contributed by atoms with Crippen LogP contribution >= 0.6 is 0 Å². The van der Waals surface area contributed by atoms with Crippen LogP contribution in [0.4, 0.5) is 5.69 Å². The Morgan fingerprint density at radius 3 is 2.85 bits per heavy atom. The number of benzene rings is 1. The third-order valence-corrected chi connectivity index (χ3v) is 5.13. The number of anilines is 1. The zero-order chi connectivity index (χ0) is 17.9. The molecule has 0 N–H and O–H groups in total. The largest absolute Gasteiger partial charge is 0.419 e. The van der Waals surface area contributed by atoms with Gasteiger partial charge in [0.25, 0.3) is 0 Å². The molecular weight excluding hydrogens is 328 g/mol. The van der Waals surface area contributed by atoms with Gasteiger partial charge < -0.3 is 9.32 Å². The van der Waals surface area contributed by atoms with Crippen LogP contribution in [0.25, 0.3) is 11.1 Å². The minimum Gasteiger partial charge on any atom is -0.408 e. The molecule has 1 aromatic carbocycles. The molecule has 26 heavy (non-hydrogen) atoms. The molecule has 3 aromatic rings. The van der Waals surface area contributed by atoms with Crippen LogP contribution in [0.2, 0.25) is 0 Å². The Bertz CT molecular complexity index is 946. The van der Waals surface area contributed by atoms with Crippen molar-refractivity contribution in [2.75, 3.05) is 37.6 Å². The molecule has 4 rings (SSSR count). The fourth-order valence-electron chi connectivity index (χ4n) is 3.72. The predicted octanol–water partition coefficient (Wildman–Crippen LogP) is 2.51. The number of aryl methyl sites for hydroxylation is 1. The number of aromatic nitrogens is 2. The van der Waals surface area contributed by atoms with E-state index in [-0.39, 0.29) is 5.76 Å². The molecule has 1 fully saturated rings. The highest BCUT2D eigenvalue weighted by Crippen LogP contribution is 2.20. The zero-order valence-corrected chi connectivity index (χ0v) is 15.1. The average molecular weight is 352 g/mol. The number of pyridine rings is 1. The lowest BCUT2D eigenvalue weighted by atomic mass is 10.2. The number of rotatable bonds is 4. The summed E-state index contributed by atoms with van der Waals surface area (Å²) in [6.45, 7) is 7.71. The Hall–Kier alpha value is -2.60. The van der Waals surface area contributed by atoms with Crippen molar-refractivity contribution in [3.63, 3.8) is 0 Å². The maximum Gasteiger partial charge on any atom is 0.419 e. The van der Waals surface area contributed by atoms with Gasteiger partial charge in [0.1, 0.15) is 0 Å². The van der Waals surface area contributed by atoms with Crippen molar-refractivity contribution in [3.8, 4) is 0 Å². The highest BCUT2D eigenvalue weighted by molar-refractivity contribution is 5.72. The molecule has 1 saturated heterocycles. The predicted molar refractivity (Wildman–Crippen MR) is 103 cm³/mol. The number of nitrogens with zero attached hydrogens (tertiary/aromatic N) is 4. The second-order valence-electron chi connectivity index (χ2n) is 6.83. The summed E-state index contributed by atoms with van der Waals surface area (Å²) in [7, 11) is 0. The average Bonchev–Trinajstić information content (AvgIpc) is 2.81. The van der Waals surface area contributed by atoms with Gasteiger partial charge in [0.15, 0.2) is 5.58 Å². The SMILES string of the molecule is Cc1cnccc1N1CCCN(CCn2c(=O)oc3ccccc32)CC1. The van der Waals surface area contributed by atoms with Crippen LogP contribution in [-0.2, 0) is 6.54 Å². The molecule has 1 aliphatic heterocycles. The molecule has 6 heteroatoms. The van der Waals surface area contributed by atoms with Crippen LogP contribution < -0.4 is 10.7 Å². The van der Waals surface area contributed by atoms with E-state index in [1.807, 2.05) is 36.7 Å². The van der Waals surface area contributed by atoms with E-state index in [1.54, 1.807) is 4.57 Å². The van der Waals surface area contributed by atoms with Crippen molar-refractivity contribution in [1.29, 1.82) is 0 Å². The van der Waals surface area contributed by atoms with E-state index in [9.17, 15) is 4.79 Å². The van der Waals surface area contributed by atoms with Crippen molar-refractivity contribution in [2.24, 2.45) is 0 Å². The standard InChI is InChI=1S/C20H24N4O2/c1-16-15-21-8-7-17(16)23-10-4-9-22(11-13-23)12-14-24-18-5-2-3-6-19(18)26-20(24)25/h2-3,5-8,15H,4,9-14H2,1H3. The van der Waals surface area contributed by atoms with Crippen LogP contribution in [0.15, 0.2) is 51.9 Å². The Morgan fingerprint density at radius 1 is 1.08 bits per heavy atom. The lowest BCUT2D eigenvalue weighted by molar-refractivity contribution is 0.278. The van der Waals surface area contributed by atoms with Gasteiger partial charge >= 0.3 is 5.76 Å². The molecule has 6 nitrogen and oxygen atoms in total. The van der Waals surface area contributed by atoms with Crippen LogP contribution in [0.5, 0.6) is 0 Å². The number of para-hydroxylation sites is 2. The first-order chi connectivity index (χ1) is 12.7. The van der Waals surface area contributed by atoms with Crippen molar-refractivity contribution in [3.05, 3.63) is 58.8 Å². The highest BCUT2D eigenvalue weighted by atomic mass is 16.4. The fourth-order valence-corrected chi connectivity index (χ4v) is 3.72. The molecule has 0 unspecified atom stereocenters. The van der Waals surface area contributed by atoms with Gasteiger partial charge in [-0.3, -0.25) is 14.5 Å². The van der Waals surface area contributed by atoms with Crippen LogP contribution in [-0.4, -0.2) is 47.2 Å². The molecule has 0 aliphatic carbocycles. The van der Waals surface area contributed by atoms with E-state index in [0.717, 1.165) is 44.7 Å². The van der Waals surface area contributed by atoms with E-state index >= 15 is 0 Å². The molecule has 0 spiro atoms. The van der Waals surface area contributed by atoms with Crippen LogP contribution in [0.3, 0.4) is 0 Å². The summed E-state index contributed by atoms with van der Waals surface area (Å²) >= 11 is 0. The van der Waals surface area contributed by atoms with E-state index in [1.165, 1.54) is 11.3 Å². The second kappa shape index (κ2) is 7.33. The normalized spacial score (nSPS) is 16.1. The lowest BCUT2D eigenvalue weighted by Gasteiger charge is -2.25. The Balaban J connectivity index is 1.41. The van der Waals surface area contributed by atoms with Gasteiger partial charge in [-0.05, 0) is 43.7 Å². The van der Waals surface area contributed by atoms with E-state index in [2.05, 4.69) is 27.8 Å². The minimum absolute atomic E-state index is 0.268. The second-order valence-corrected chi connectivity index (χ2v) is 6.83. The van der Waals surface area contributed by atoms with Crippen LogP contribution in [0, 0.1) is 6.92 Å². The molecule has 1 aliphatic rings. The monoisotopic (exact) mass is 352 g/mol. The van der Waals surface area contributed by atoms with Crippen LogP contribution in [0.1, 0.15) is 12.0 Å². The molecule has 2 aromatic heterocycles. The maximum atomic E-state index is 12.1. The fraction of sp³-hybridized carbons (Fsp3) is 0.400. The van der Waals surface area contributed by atoms with E-state index in [4.69, 9.17) is 4.42 Å². The number of oxazole rings is 1. The molecule has 0 bridgehead atoms. The van der Waals surface area contributed by atoms with E-state index < -0.39 is 0 Å². The van der Waals surface area contributed by atoms with Crippen molar-refractivity contribution >= 4 is 16.8 Å². The molecule has 0 radical (unpaired) electrons. The molecule has 0 amide bonds.